The number of aliphatic imine (C=N–C) groups is 1. The SMILES string of the molecule is CC.CC/C=C/N=CN. The van der Waals surface area contributed by atoms with Crippen LogP contribution in [0.3, 0.4) is 0 Å². The molecule has 0 fully saturated rings. The first-order valence-corrected chi connectivity index (χ1v) is 3.30. The molecular formula is C7H16N2. The Morgan fingerprint density at radius 1 is 1.44 bits per heavy atom. The molecule has 2 N–H and O–H groups in total. The van der Waals surface area contributed by atoms with E-state index in [0.29, 0.717) is 0 Å². The molecule has 2 heteroatoms. The highest BCUT2D eigenvalue weighted by Gasteiger charge is 1.58. The molecule has 0 aromatic carbocycles. The predicted octanol–water partition coefficient (Wildman–Crippen LogP) is 1.92. The zero-order valence-corrected chi connectivity index (χ0v) is 6.46. The van der Waals surface area contributed by atoms with Crippen LogP contribution in [0.1, 0.15) is 27.2 Å². The van der Waals surface area contributed by atoms with Crippen LogP contribution in [0.2, 0.25) is 0 Å². The van der Waals surface area contributed by atoms with Crippen molar-refractivity contribution in [3.05, 3.63) is 12.3 Å². The van der Waals surface area contributed by atoms with E-state index in [1.807, 2.05) is 26.8 Å². The van der Waals surface area contributed by atoms with Gasteiger partial charge in [0.25, 0.3) is 0 Å². The van der Waals surface area contributed by atoms with Gasteiger partial charge in [0.2, 0.25) is 0 Å². The molecule has 0 atom stereocenters. The third kappa shape index (κ3) is 19.0. The quantitative estimate of drug-likeness (QED) is 0.448. The summed E-state index contributed by atoms with van der Waals surface area (Å²) in [6, 6.07) is 0. The molecule has 0 heterocycles. The van der Waals surface area contributed by atoms with Crippen molar-refractivity contribution in [2.45, 2.75) is 27.2 Å². The van der Waals surface area contributed by atoms with Crippen molar-refractivity contribution in [2.75, 3.05) is 0 Å². The molecule has 54 valence electrons. The predicted molar refractivity (Wildman–Crippen MR) is 43.5 cm³/mol. The average molecular weight is 128 g/mol. The summed E-state index contributed by atoms with van der Waals surface area (Å²) >= 11 is 0. The van der Waals surface area contributed by atoms with Crippen LogP contribution in [-0.2, 0) is 0 Å². The minimum absolute atomic E-state index is 1.01. The molecule has 0 aromatic rings. The Kier molecular flexibility index (Phi) is 19.3. The van der Waals surface area contributed by atoms with Crippen LogP contribution < -0.4 is 5.73 Å². The Hall–Kier alpha value is -0.790. The summed E-state index contributed by atoms with van der Waals surface area (Å²) in [6.07, 6.45) is 5.90. The van der Waals surface area contributed by atoms with Gasteiger partial charge in [-0.15, -0.1) is 0 Å². The monoisotopic (exact) mass is 128 g/mol. The normalized spacial score (nSPS) is 9.67. The second-order valence-corrected chi connectivity index (χ2v) is 1.09. The third-order valence-corrected chi connectivity index (χ3v) is 0.513. The lowest BCUT2D eigenvalue weighted by Gasteiger charge is -1.71. The van der Waals surface area contributed by atoms with Gasteiger partial charge >= 0.3 is 0 Å². The molecule has 9 heavy (non-hydrogen) atoms. The number of nitrogens with zero attached hydrogens (tertiary/aromatic N) is 1. The Bertz CT molecular complexity index is 75.0. The maximum atomic E-state index is 4.93. The van der Waals surface area contributed by atoms with Gasteiger partial charge in [0, 0.05) is 6.20 Å². The molecule has 0 aliphatic heterocycles. The second kappa shape index (κ2) is 15.7. The minimum atomic E-state index is 1.01. The highest BCUT2D eigenvalue weighted by Crippen LogP contribution is 1.76. The van der Waals surface area contributed by atoms with Gasteiger partial charge in [-0.1, -0.05) is 26.8 Å². The summed E-state index contributed by atoms with van der Waals surface area (Å²) in [5.74, 6) is 0. The maximum Gasteiger partial charge on any atom is 0.0852 e. The lowest BCUT2D eigenvalue weighted by Crippen LogP contribution is -1.84. The zero-order chi connectivity index (χ0) is 7.54. The first kappa shape index (κ1) is 11.1. The molecule has 0 radical (unpaired) electrons. The van der Waals surface area contributed by atoms with Crippen molar-refractivity contribution in [1.29, 1.82) is 0 Å². The largest absolute Gasteiger partial charge is 0.390 e. The van der Waals surface area contributed by atoms with E-state index in [1.165, 1.54) is 6.34 Å². The van der Waals surface area contributed by atoms with Crippen LogP contribution in [0.25, 0.3) is 0 Å². The fourth-order valence-electron chi connectivity index (χ4n) is 0.216. The van der Waals surface area contributed by atoms with Crippen molar-refractivity contribution in [2.24, 2.45) is 10.7 Å². The van der Waals surface area contributed by atoms with Gasteiger partial charge in [-0.3, -0.25) is 0 Å². The number of rotatable bonds is 2. The van der Waals surface area contributed by atoms with Crippen LogP contribution >= 0.6 is 0 Å². The van der Waals surface area contributed by atoms with Crippen LogP contribution in [-0.4, -0.2) is 6.34 Å². The molecule has 0 rings (SSSR count). The first-order valence-electron chi connectivity index (χ1n) is 3.30. The fraction of sp³-hybridized carbons (Fsp3) is 0.571. The Balaban J connectivity index is 0. The van der Waals surface area contributed by atoms with Gasteiger partial charge < -0.3 is 5.73 Å². The molecule has 0 aromatic heterocycles. The van der Waals surface area contributed by atoms with Gasteiger partial charge in [-0.2, -0.15) is 0 Å². The van der Waals surface area contributed by atoms with E-state index in [-0.39, 0.29) is 0 Å². The summed E-state index contributed by atoms with van der Waals surface area (Å²) in [5, 5.41) is 0. The molecule has 0 saturated carbocycles. The minimum Gasteiger partial charge on any atom is -0.390 e. The van der Waals surface area contributed by atoms with Crippen LogP contribution in [0.5, 0.6) is 0 Å². The molecule has 0 bridgehead atoms. The summed E-state index contributed by atoms with van der Waals surface area (Å²) in [6.45, 7) is 6.04. The van der Waals surface area contributed by atoms with Gasteiger partial charge in [0.05, 0.1) is 6.34 Å². The molecule has 0 aliphatic carbocycles. The number of nitrogens with two attached hydrogens (primary N) is 1. The van der Waals surface area contributed by atoms with Crippen molar-refractivity contribution in [3.63, 3.8) is 0 Å². The Morgan fingerprint density at radius 2 is 2.00 bits per heavy atom. The average Bonchev–Trinajstić information content (AvgIpc) is 1.94. The lowest BCUT2D eigenvalue weighted by molar-refractivity contribution is 1.21. The standard InChI is InChI=1S/C5H10N2.C2H6/c1-2-3-4-7-5-6;1-2/h3-5H,2H2,1H3,(H2,6,7);1-2H3/b4-3+;. The first-order chi connectivity index (χ1) is 4.41. The van der Waals surface area contributed by atoms with Gasteiger partial charge in [-0.25, -0.2) is 4.99 Å². The Morgan fingerprint density at radius 3 is 2.33 bits per heavy atom. The smallest absolute Gasteiger partial charge is 0.0852 e. The summed E-state index contributed by atoms with van der Waals surface area (Å²) in [5.41, 5.74) is 4.93. The molecule has 0 unspecified atom stereocenters. The second-order valence-electron chi connectivity index (χ2n) is 1.09. The van der Waals surface area contributed by atoms with Crippen molar-refractivity contribution >= 4 is 6.34 Å². The van der Waals surface area contributed by atoms with Crippen LogP contribution in [0.15, 0.2) is 17.3 Å². The molecule has 2 nitrogen and oxygen atoms in total. The maximum absolute atomic E-state index is 4.93. The van der Waals surface area contributed by atoms with E-state index in [2.05, 4.69) is 4.99 Å². The van der Waals surface area contributed by atoms with Crippen molar-refractivity contribution < 1.29 is 0 Å². The molecule has 0 saturated heterocycles. The Labute approximate surface area is 57.5 Å². The molecule has 0 amide bonds. The summed E-state index contributed by atoms with van der Waals surface area (Å²) < 4.78 is 0. The van der Waals surface area contributed by atoms with Gasteiger partial charge in [0.1, 0.15) is 0 Å². The van der Waals surface area contributed by atoms with Crippen molar-refractivity contribution in [1.82, 2.24) is 0 Å². The van der Waals surface area contributed by atoms with Crippen LogP contribution in [0, 0.1) is 0 Å². The van der Waals surface area contributed by atoms with Crippen LogP contribution in [0.4, 0.5) is 0 Å². The highest BCUT2D eigenvalue weighted by atomic mass is 14.8. The molecule has 0 spiro atoms. The zero-order valence-electron chi connectivity index (χ0n) is 6.46. The summed E-state index contributed by atoms with van der Waals surface area (Å²) in [7, 11) is 0. The topological polar surface area (TPSA) is 38.4 Å². The molecular weight excluding hydrogens is 112 g/mol. The van der Waals surface area contributed by atoms with Crippen molar-refractivity contribution in [3.8, 4) is 0 Å². The van der Waals surface area contributed by atoms with E-state index in [0.717, 1.165) is 6.42 Å². The van der Waals surface area contributed by atoms with E-state index >= 15 is 0 Å². The number of allylic oxidation sites excluding steroid dienone is 1. The van der Waals surface area contributed by atoms with E-state index in [4.69, 9.17) is 5.73 Å². The van der Waals surface area contributed by atoms with Gasteiger partial charge in [-0.05, 0) is 6.42 Å². The molecule has 0 aliphatic rings. The highest BCUT2D eigenvalue weighted by molar-refractivity contribution is 5.52. The van der Waals surface area contributed by atoms with Gasteiger partial charge in [0.15, 0.2) is 0 Å². The van der Waals surface area contributed by atoms with E-state index in [9.17, 15) is 0 Å². The number of hydrogen-bond donors (Lipinski definition) is 1. The third-order valence-electron chi connectivity index (χ3n) is 0.513. The fourth-order valence-corrected chi connectivity index (χ4v) is 0.216. The van der Waals surface area contributed by atoms with E-state index in [1.54, 1.807) is 6.20 Å². The number of hydrogen-bond acceptors (Lipinski definition) is 1. The lowest BCUT2D eigenvalue weighted by atomic mass is 10.5. The summed E-state index contributed by atoms with van der Waals surface area (Å²) in [4.78, 5) is 3.63. The van der Waals surface area contributed by atoms with E-state index < -0.39 is 0 Å².